The molecule has 33 heavy (non-hydrogen) atoms. The molecule has 1 amide bonds. The molecule has 5 rings (SSSR count). The minimum atomic E-state index is 0.0166. The molecule has 5 aromatic rings. The zero-order chi connectivity index (χ0) is 22.5. The Labute approximate surface area is 193 Å². The molecule has 1 heterocycles. The number of carbonyl (C=O) groups is 1. The van der Waals surface area contributed by atoms with Gasteiger partial charge in [-0.05, 0) is 53.9 Å². The first-order valence-corrected chi connectivity index (χ1v) is 11.2. The maximum atomic E-state index is 12.4. The highest BCUT2D eigenvalue weighted by atomic mass is 16.1. The van der Waals surface area contributed by atoms with Crippen molar-refractivity contribution in [3.05, 3.63) is 120 Å². The summed E-state index contributed by atoms with van der Waals surface area (Å²) >= 11 is 0. The molecule has 0 spiro atoms. The number of nitrogens with zero attached hydrogens (tertiary/aromatic N) is 2. The van der Waals surface area contributed by atoms with E-state index >= 15 is 0 Å². The van der Waals surface area contributed by atoms with E-state index in [1.54, 1.807) is 0 Å². The van der Waals surface area contributed by atoms with E-state index in [-0.39, 0.29) is 5.91 Å². The number of benzene rings is 4. The predicted molar refractivity (Wildman–Crippen MR) is 134 cm³/mol. The van der Waals surface area contributed by atoms with Gasteiger partial charge in [-0.3, -0.25) is 4.79 Å². The van der Waals surface area contributed by atoms with Crippen molar-refractivity contribution >= 4 is 22.6 Å². The number of carbonyl (C=O) groups excluding carboxylic acids is 1. The Morgan fingerprint density at radius 2 is 1.36 bits per heavy atom. The van der Waals surface area contributed by atoms with Gasteiger partial charge in [0.1, 0.15) is 5.82 Å². The van der Waals surface area contributed by atoms with Crippen LogP contribution in [0.2, 0.25) is 0 Å². The van der Waals surface area contributed by atoms with E-state index in [1.165, 1.54) is 11.1 Å². The molecule has 0 fully saturated rings. The highest BCUT2D eigenvalue weighted by Gasteiger charge is 2.13. The Hall–Kier alpha value is -4.18. The molecule has 0 bridgehead atoms. The number of hydrogen-bond acceptors (Lipinski definition) is 2. The van der Waals surface area contributed by atoms with Crippen LogP contribution in [0.15, 0.2) is 109 Å². The second-order valence-electron chi connectivity index (χ2n) is 8.11. The second-order valence-corrected chi connectivity index (χ2v) is 8.11. The van der Waals surface area contributed by atoms with Crippen molar-refractivity contribution in [3.63, 3.8) is 0 Å². The molecular formula is C29H25N3O. The van der Waals surface area contributed by atoms with Gasteiger partial charge in [0.15, 0.2) is 0 Å². The quantitative estimate of drug-likeness (QED) is 0.328. The summed E-state index contributed by atoms with van der Waals surface area (Å²) in [6, 6.07) is 36.6. The van der Waals surface area contributed by atoms with Crippen LogP contribution in [-0.2, 0) is 17.8 Å². The van der Waals surface area contributed by atoms with Gasteiger partial charge in [0, 0.05) is 24.2 Å². The molecule has 0 aliphatic carbocycles. The Bertz CT molecular complexity index is 1360. The zero-order valence-electron chi connectivity index (χ0n) is 18.3. The maximum Gasteiger partial charge on any atom is 0.224 e. The fourth-order valence-electron chi connectivity index (χ4n) is 4.05. The lowest BCUT2D eigenvalue weighted by Gasteiger charge is -2.11. The highest BCUT2D eigenvalue weighted by Crippen LogP contribution is 2.27. The van der Waals surface area contributed by atoms with E-state index < -0.39 is 0 Å². The molecule has 0 unspecified atom stereocenters. The average Bonchev–Trinajstić information content (AvgIpc) is 3.23. The third-order valence-corrected chi connectivity index (χ3v) is 5.75. The van der Waals surface area contributed by atoms with Crippen LogP contribution in [-0.4, -0.2) is 15.5 Å². The molecule has 1 aromatic heterocycles. The summed E-state index contributed by atoms with van der Waals surface area (Å²) in [5, 5.41) is 3.01. The molecule has 4 aromatic carbocycles. The molecule has 0 saturated carbocycles. The van der Waals surface area contributed by atoms with Gasteiger partial charge >= 0.3 is 0 Å². The van der Waals surface area contributed by atoms with E-state index in [0.717, 1.165) is 41.1 Å². The Morgan fingerprint density at radius 3 is 2.09 bits per heavy atom. The molecule has 162 valence electrons. The topological polar surface area (TPSA) is 46.9 Å². The minimum absolute atomic E-state index is 0.0166. The fourth-order valence-corrected chi connectivity index (χ4v) is 4.05. The number of fused-ring (bicyclic) bond motifs is 1. The van der Waals surface area contributed by atoms with Crippen molar-refractivity contribution in [2.24, 2.45) is 0 Å². The molecule has 0 saturated heterocycles. The van der Waals surface area contributed by atoms with E-state index in [1.807, 2.05) is 78.9 Å². The van der Waals surface area contributed by atoms with Gasteiger partial charge in [0.25, 0.3) is 0 Å². The third-order valence-electron chi connectivity index (χ3n) is 5.75. The van der Waals surface area contributed by atoms with E-state index in [9.17, 15) is 4.79 Å². The summed E-state index contributed by atoms with van der Waals surface area (Å²) < 4.78 is 2.25. The first kappa shape index (κ1) is 20.7. The first-order valence-electron chi connectivity index (χ1n) is 11.2. The van der Waals surface area contributed by atoms with Crippen LogP contribution in [0.5, 0.6) is 0 Å². The van der Waals surface area contributed by atoms with E-state index in [2.05, 4.69) is 40.2 Å². The number of aromatic nitrogens is 2. The predicted octanol–water partition coefficient (Wildman–Crippen LogP) is 6.32. The van der Waals surface area contributed by atoms with Crippen LogP contribution < -0.4 is 5.32 Å². The van der Waals surface area contributed by atoms with Crippen molar-refractivity contribution in [2.45, 2.75) is 19.4 Å². The number of hydrogen-bond donors (Lipinski definition) is 1. The smallest absolute Gasteiger partial charge is 0.224 e. The van der Waals surface area contributed by atoms with E-state index in [0.29, 0.717) is 6.42 Å². The molecular weight excluding hydrogens is 406 g/mol. The molecule has 4 nitrogen and oxygen atoms in total. The molecule has 4 heteroatoms. The lowest BCUT2D eigenvalue weighted by atomic mass is 10.1. The highest BCUT2D eigenvalue weighted by molar-refractivity contribution is 5.91. The van der Waals surface area contributed by atoms with E-state index in [4.69, 9.17) is 4.98 Å². The number of anilines is 1. The lowest BCUT2D eigenvalue weighted by Crippen LogP contribution is -2.12. The van der Waals surface area contributed by atoms with Crippen LogP contribution in [0.25, 0.3) is 22.4 Å². The Balaban J connectivity index is 1.35. The lowest BCUT2D eigenvalue weighted by molar-refractivity contribution is -0.116. The largest absolute Gasteiger partial charge is 0.326 e. The summed E-state index contributed by atoms with van der Waals surface area (Å²) in [6.45, 7) is 0.745. The monoisotopic (exact) mass is 431 g/mol. The summed E-state index contributed by atoms with van der Waals surface area (Å²) in [5.74, 6) is 0.935. The minimum Gasteiger partial charge on any atom is -0.326 e. The van der Waals surface area contributed by atoms with Gasteiger partial charge < -0.3 is 9.88 Å². The normalized spacial score (nSPS) is 10.9. The summed E-state index contributed by atoms with van der Waals surface area (Å²) in [6.07, 6.45) is 1.19. The Kier molecular flexibility index (Phi) is 5.98. The van der Waals surface area contributed by atoms with Gasteiger partial charge in [-0.2, -0.15) is 0 Å². The van der Waals surface area contributed by atoms with Crippen LogP contribution in [0.3, 0.4) is 0 Å². The number of aryl methyl sites for hydroxylation is 1. The van der Waals surface area contributed by atoms with Crippen LogP contribution >= 0.6 is 0 Å². The SMILES string of the molecule is O=C(CCc1ccccc1)Nc1ccc(-c2nc3ccccc3n2Cc2ccccc2)cc1. The summed E-state index contributed by atoms with van der Waals surface area (Å²) in [7, 11) is 0. The van der Waals surface area contributed by atoms with Crippen molar-refractivity contribution in [1.29, 1.82) is 0 Å². The van der Waals surface area contributed by atoms with Crippen molar-refractivity contribution in [3.8, 4) is 11.4 Å². The summed E-state index contributed by atoms with van der Waals surface area (Å²) in [5.41, 5.74) is 6.29. The van der Waals surface area contributed by atoms with Crippen molar-refractivity contribution in [1.82, 2.24) is 9.55 Å². The molecule has 0 radical (unpaired) electrons. The van der Waals surface area contributed by atoms with Crippen molar-refractivity contribution in [2.75, 3.05) is 5.32 Å². The molecule has 0 atom stereocenters. The number of para-hydroxylation sites is 2. The summed E-state index contributed by atoms with van der Waals surface area (Å²) in [4.78, 5) is 17.3. The molecule has 1 N–H and O–H groups in total. The number of rotatable bonds is 7. The fraction of sp³-hybridized carbons (Fsp3) is 0.103. The third kappa shape index (κ3) is 4.85. The first-order chi connectivity index (χ1) is 16.3. The van der Waals surface area contributed by atoms with Crippen LogP contribution in [0.1, 0.15) is 17.5 Å². The molecule has 0 aliphatic heterocycles. The zero-order valence-corrected chi connectivity index (χ0v) is 18.3. The number of amides is 1. The van der Waals surface area contributed by atoms with Gasteiger partial charge in [0.2, 0.25) is 5.91 Å². The molecule has 0 aliphatic rings. The van der Waals surface area contributed by atoms with Gasteiger partial charge in [-0.1, -0.05) is 72.8 Å². The maximum absolute atomic E-state index is 12.4. The second kappa shape index (κ2) is 9.53. The van der Waals surface area contributed by atoms with Gasteiger partial charge in [-0.25, -0.2) is 4.98 Å². The van der Waals surface area contributed by atoms with Gasteiger partial charge in [-0.15, -0.1) is 0 Å². The van der Waals surface area contributed by atoms with Gasteiger partial charge in [0.05, 0.1) is 11.0 Å². The van der Waals surface area contributed by atoms with Crippen LogP contribution in [0.4, 0.5) is 5.69 Å². The number of nitrogens with one attached hydrogen (secondary N) is 1. The standard InChI is InChI=1S/C29H25N3O/c33-28(20-15-22-9-3-1-4-10-22)30-25-18-16-24(17-19-25)29-31-26-13-7-8-14-27(26)32(29)21-23-11-5-2-6-12-23/h1-14,16-19H,15,20-21H2,(H,30,33). The Morgan fingerprint density at radius 1 is 0.727 bits per heavy atom. The average molecular weight is 432 g/mol. The van der Waals surface area contributed by atoms with Crippen LogP contribution in [0, 0.1) is 0 Å². The number of imidazole rings is 1. The van der Waals surface area contributed by atoms with Crippen molar-refractivity contribution < 1.29 is 4.79 Å².